The maximum Gasteiger partial charge on any atom is 0.495 e. The van der Waals surface area contributed by atoms with Crippen LogP contribution in [0.3, 0.4) is 0 Å². The molecule has 0 saturated carbocycles. The largest absolute Gasteiger partial charge is 0.495 e. The van der Waals surface area contributed by atoms with Gasteiger partial charge < -0.3 is 15.0 Å². The Morgan fingerprint density at radius 3 is 2.11 bits per heavy atom. The van der Waals surface area contributed by atoms with Gasteiger partial charge in [-0.25, -0.2) is 0 Å². The molecule has 1 aromatic rings. The number of halogens is 1. The molecule has 3 nitrogen and oxygen atoms in total. The van der Waals surface area contributed by atoms with Crippen molar-refractivity contribution in [3.8, 4) is 0 Å². The number of nitrogens with two attached hydrogens (primary N) is 1. The molecule has 0 aliphatic carbocycles. The Kier molecular flexibility index (Phi) is 5.07. The van der Waals surface area contributed by atoms with Crippen LogP contribution in [-0.2, 0) is 15.7 Å². The second-order valence-corrected chi connectivity index (χ2v) is 5.83. The Bertz CT molecular complexity index is 421. The molecule has 0 unspecified atom stereocenters. The maximum absolute atomic E-state index is 6.07. The second-order valence-electron chi connectivity index (χ2n) is 5.83. The summed E-state index contributed by atoms with van der Waals surface area (Å²) in [7, 11) is -0.294. The summed E-state index contributed by atoms with van der Waals surface area (Å²) in [5.74, 6) is 0. The van der Waals surface area contributed by atoms with Gasteiger partial charge in [0.15, 0.2) is 0 Å². The Labute approximate surface area is 122 Å². The molecule has 0 radical (unpaired) electrons. The van der Waals surface area contributed by atoms with Crippen LogP contribution in [0.5, 0.6) is 0 Å². The molecule has 0 bridgehead atoms. The van der Waals surface area contributed by atoms with Crippen LogP contribution in [0.4, 0.5) is 0 Å². The number of hydrogen-bond donors (Lipinski definition) is 1. The van der Waals surface area contributed by atoms with Gasteiger partial charge in [0, 0.05) is 0 Å². The predicted molar refractivity (Wildman–Crippen MR) is 82.2 cm³/mol. The molecule has 0 amide bonds. The van der Waals surface area contributed by atoms with Gasteiger partial charge in [-0.2, -0.15) is 0 Å². The summed E-state index contributed by atoms with van der Waals surface area (Å²) in [6.07, 6.45) is 0.847. The fourth-order valence-electron chi connectivity index (χ4n) is 2.12. The zero-order chi connectivity index (χ0) is 13.4. The number of hydrogen-bond acceptors (Lipinski definition) is 3. The standard InChI is InChI=1S/C14H22BNO2.ClH/c1-13(2)14(3,4)18-15(17-13)12-8-6-5-7-11(12)9-10-16;/h5-8H,9-10,16H2,1-4H3;1H. The van der Waals surface area contributed by atoms with E-state index in [1.54, 1.807) is 0 Å². The van der Waals surface area contributed by atoms with Crippen molar-refractivity contribution in [3.63, 3.8) is 0 Å². The highest BCUT2D eigenvalue weighted by Crippen LogP contribution is 2.36. The fraction of sp³-hybridized carbons (Fsp3) is 0.571. The Morgan fingerprint density at radius 2 is 1.58 bits per heavy atom. The van der Waals surface area contributed by atoms with Crippen LogP contribution >= 0.6 is 12.4 Å². The highest BCUT2D eigenvalue weighted by molar-refractivity contribution is 6.62. The highest BCUT2D eigenvalue weighted by Gasteiger charge is 2.52. The number of benzene rings is 1. The summed E-state index contributed by atoms with van der Waals surface area (Å²) < 4.78 is 12.1. The van der Waals surface area contributed by atoms with Crippen LogP contribution in [0.1, 0.15) is 33.3 Å². The lowest BCUT2D eigenvalue weighted by Gasteiger charge is -2.32. The molecular formula is C14H23BClNO2. The smallest absolute Gasteiger partial charge is 0.399 e. The van der Waals surface area contributed by atoms with E-state index in [0.29, 0.717) is 6.54 Å². The second kappa shape index (κ2) is 5.84. The minimum atomic E-state index is -0.298. The minimum absolute atomic E-state index is 0. The molecular weight excluding hydrogens is 260 g/mol. The number of rotatable bonds is 3. The van der Waals surface area contributed by atoms with Crippen molar-refractivity contribution >= 4 is 25.0 Å². The first-order valence-corrected chi connectivity index (χ1v) is 6.51. The van der Waals surface area contributed by atoms with Crippen LogP contribution in [0.15, 0.2) is 24.3 Å². The molecule has 2 rings (SSSR count). The van der Waals surface area contributed by atoms with E-state index < -0.39 is 0 Å². The topological polar surface area (TPSA) is 44.5 Å². The van der Waals surface area contributed by atoms with Gasteiger partial charge >= 0.3 is 7.12 Å². The van der Waals surface area contributed by atoms with Crippen molar-refractivity contribution in [3.05, 3.63) is 29.8 Å². The quantitative estimate of drug-likeness (QED) is 0.862. The van der Waals surface area contributed by atoms with E-state index in [2.05, 4.69) is 39.8 Å². The Morgan fingerprint density at radius 1 is 1.05 bits per heavy atom. The van der Waals surface area contributed by atoms with Gasteiger partial charge in [-0.1, -0.05) is 24.3 Å². The van der Waals surface area contributed by atoms with Crippen molar-refractivity contribution in [1.29, 1.82) is 0 Å². The molecule has 2 N–H and O–H groups in total. The molecule has 5 heteroatoms. The SMILES string of the molecule is CC1(C)OB(c2ccccc2CCN)OC1(C)C.Cl. The molecule has 1 aliphatic rings. The van der Waals surface area contributed by atoms with E-state index in [1.165, 1.54) is 5.56 Å². The van der Waals surface area contributed by atoms with Crippen LogP contribution in [0.25, 0.3) is 0 Å². The normalized spacial score (nSPS) is 20.2. The van der Waals surface area contributed by atoms with Gasteiger partial charge in [0.1, 0.15) is 0 Å². The molecule has 1 saturated heterocycles. The first-order chi connectivity index (χ1) is 8.37. The van der Waals surface area contributed by atoms with Crippen LogP contribution < -0.4 is 11.2 Å². The first kappa shape index (κ1) is 16.5. The third-order valence-corrected chi connectivity index (χ3v) is 3.98. The van der Waals surface area contributed by atoms with E-state index in [9.17, 15) is 0 Å². The van der Waals surface area contributed by atoms with E-state index >= 15 is 0 Å². The lowest BCUT2D eigenvalue weighted by molar-refractivity contribution is 0.00578. The molecule has 1 heterocycles. The molecule has 1 aromatic carbocycles. The van der Waals surface area contributed by atoms with Crippen LogP contribution in [0, 0.1) is 0 Å². The Hall–Kier alpha value is -0.545. The average molecular weight is 284 g/mol. The third-order valence-electron chi connectivity index (χ3n) is 3.98. The summed E-state index contributed by atoms with van der Waals surface area (Å²) in [5, 5.41) is 0. The highest BCUT2D eigenvalue weighted by atomic mass is 35.5. The van der Waals surface area contributed by atoms with Crippen LogP contribution in [-0.4, -0.2) is 24.9 Å². The zero-order valence-corrected chi connectivity index (χ0v) is 12.9. The van der Waals surface area contributed by atoms with Gasteiger partial charge in [-0.05, 0) is 51.7 Å². The lowest BCUT2D eigenvalue weighted by Crippen LogP contribution is -2.41. The average Bonchev–Trinajstić information content (AvgIpc) is 2.49. The summed E-state index contributed by atoms with van der Waals surface area (Å²) in [5.41, 5.74) is 7.36. The van der Waals surface area contributed by atoms with E-state index in [1.807, 2.05) is 12.1 Å². The van der Waals surface area contributed by atoms with Crippen molar-refractivity contribution in [2.24, 2.45) is 5.73 Å². The molecule has 106 valence electrons. The van der Waals surface area contributed by atoms with Crippen molar-refractivity contribution in [2.45, 2.75) is 45.3 Å². The molecule has 1 aliphatic heterocycles. The van der Waals surface area contributed by atoms with Crippen molar-refractivity contribution < 1.29 is 9.31 Å². The van der Waals surface area contributed by atoms with Gasteiger partial charge in [0.05, 0.1) is 11.2 Å². The first-order valence-electron chi connectivity index (χ1n) is 6.51. The summed E-state index contributed by atoms with van der Waals surface area (Å²) in [4.78, 5) is 0. The third kappa shape index (κ3) is 3.14. The van der Waals surface area contributed by atoms with Crippen LogP contribution in [0.2, 0.25) is 0 Å². The maximum atomic E-state index is 6.07. The fourth-order valence-corrected chi connectivity index (χ4v) is 2.12. The van der Waals surface area contributed by atoms with Crippen molar-refractivity contribution in [2.75, 3.05) is 6.54 Å². The summed E-state index contributed by atoms with van der Waals surface area (Å²) in [6, 6.07) is 8.19. The zero-order valence-electron chi connectivity index (χ0n) is 12.1. The van der Waals surface area contributed by atoms with E-state index in [0.717, 1.165) is 11.9 Å². The monoisotopic (exact) mass is 283 g/mol. The minimum Gasteiger partial charge on any atom is -0.399 e. The lowest BCUT2D eigenvalue weighted by atomic mass is 9.75. The molecule has 0 aromatic heterocycles. The molecule has 1 fully saturated rings. The van der Waals surface area contributed by atoms with E-state index in [-0.39, 0.29) is 30.7 Å². The summed E-state index contributed by atoms with van der Waals surface area (Å²) in [6.45, 7) is 8.91. The Balaban J connectivity index is 0.00000180. The van der Waals surface area contributed by atoms with Gasteiger partial charge in [-0.15, -0.1) is 12.4 Å². The summed E-state index contributed by atoms with van der Waals surface area (Å²) >= 11 is 0. The molecule has 19 heavy (non-hydrogen) atoms. The van der Waals surface area contributed by atoms with Gasteiger partial charge in [0.25, 0.3) is 0 Å². The van der Waals surface area contributed by atoms with E-state index in [4.69, 9.17) is 15.0 Å². The van der Waals surface area contributed by atoms with Crippen molar-refractivity contribution in [1.82, 2.24) is 0 Å². The molecule has 0 spiro atoms. The predicted octanol–water partition coefficient (Wildman–Crippen LogP) is 1.91. The van der Waals surface area contributed by atoms with Gasteiger partial charge in [-0.3, -0.25) is 0 Å². The van der Waals surface area contributed by atoms with Gasteiger partial charge in [0.2, 0.25) is 0 Å². The molecule has 0 atom stereocenters.